The molecule has 148 valence electrons. The van der Waals surface area contributed by atoms with Gasteiger partial charge in [-0.3, -0.25) is 14.4 Å². The van der Waals surface area contributed by atoms with Crippen LogP contribution in [0.4, 0.5) is 0 Å². The Morgan fingerprint density at radius 2 is 1.86 bits per heavy atom. The number of nitrogens with one attached hydrogen (secondary N) is 1. The molecule has 28 heavy (non-hydrogen) atoms. The standard InChI is InChI=1S/C21H26N4O3/c1-21(20(28)22-13-18(26)24-10-6-3-7-11-24)14-25-16-9-5-4-8-15(16)12-17(25)19(27)23(21)2/h4-5,8-9,12H,3,6-7,10-11,13-14H2,1-2H3,(H,22,28)/t21-/m1/s1. The number of piperidine rings is 1. The summed E-state index contributed by atoms with van der Waals surface area (Å²) in [4.78, 5) is 41.7. The monoisotopic (exact) mass is 382 g/mol. The van der Waals surface area contributed by atoms with Crippen LogP contribution in [-0.4, -0.2) is 64.3 Å². The van der Waals surface area contributed by atoms with Gasteiger partial charge in [0.2, 0.25) is 11.8 Å². The Hall–Kier alpha value is -2.83. The summed E-state index contributed by atoms with van der Waals surface area (Å²) in [6.07, 6.45) is 3.17. The van der Waals surface area contributed by atoms with Crippen LogP contribution in [0, 0.1) is 0 Å². The van der Waals surface area contributed by atoms with Crippen molar-refractivity contribution in [2.75, 3.05) is 26.7 Å². The minimum atomic E-state index is -1.06. The summed E-state index contributed by atoms with van der Waals surface area (Å²) >= 11 is 0. The summed E-state index contributed by atoms with van der Waals surface area (Å²) in [7, 11) is 1.65. The summed E-state index contributed by atoms with van der Waals surface area (Å²) in [6, 6.07) is 9.64. The summed E-state index contributed by atoms with van der Waals surface area (Å²) in [5.74, 6) is -0.562. The lowest BCUT2D eigenvalue weighted by Crippen LogP contribution is -2.63. The molecule has 0 aliphatic carbocycles. The van der Waals surface area contributed by atoms with E-state index in [2.05, 4.69) is 5.32 Å². The van der Waals surface area contributed by atoms with E-state index in [1.807, 2.05) is 34.9 Å². The molecule has 1 N–H and O–H groups in total. The SMILES string of the molecule is CN1C(=O)c2cc3ccccc3n2C[C@]1(C)C(=O)NCC(=O)N1CCCCC1. The van der Waals surface area contributed by atoms with Gasteiger partial charge in [0.15, 0.2) is 0 Å². The number of carbonyl (C=O) groups excluding carboxylic acids is 3. The Kier molecular flexibility index (Phi) is 4.61. The van der Waals surface area contributed by atoms with Gasteiger partial charge in [-0.05, 0) is 38.3 Å². The van der Waals surface area contributed by atoms with Gasteiger partial charge in [0.25, 0.3) is 5.91 Å². The smallest absolute Gasteiger partial charge is 0.271 e. The van der Waals surface area contributed by atoms with Gasteiger partial charge in [-0.2, -0.15) is 0 Å². The van der Waals surface area contributed by atoms with Crippen molar-refractivity contribution in [2.24, 2.45) is 0 Å². The number of hydrogen-bond acceptors (Lipinski definition) is 3. The third-order valence-corrected chi connectivity index (χ3v) is 6.14. The number of carbonyl (C=O) groups is 3. The van der Waals surface area contributed by atoms with Crippen LogP contribution in [0.25, 0.3) is 10.9 Å². The summed E-state index contributed by atoms with van der Waals surface area (Å²) in [5, 5.41) is 3.75. The van der Waals surface area contributed by atoms with Crippen molar-refractivity contribution in [3.05, 3.63) is 36.0 Å². The van der Waals surface area contributed by atoms with Crippen LogP contribution in [0.3, 0.4) is 0 Å². The van der Waals surface area contributed by atoms with Gasteiger partial charge in [-0.15, -0.1) is 0 Å². The Labute approximate surface area is 164 Å². The highest BCUT2D eigenvalue weighted by Gasteiger charge is 2.45. The Bertz CT molecular complexity index is 944. The number of para-hydroxylation sites is 1. The number of amides is 3. The van der Waals surface area contributed by atoms with Gasteiger partial charge < -0.3 is 19.7 Å². The average molecular weight is 382 g/mol. The summed E-state index contributed by atoms with van der Waals surface area (Å²) in [5.41, 5.74) is 0.453. The van der Waals surface area contributed by atoms with E-state index < -0.39 is 5.54 Å². The van der Waals surface area contributed by atoms with Gasteiger partial charge in [0.05, 0.1) is 13.1 Å². The molecule has 2 aromatic rings. The van der Waals surface area contributed by atoms with Crippen molar-refractivity contribution in [3.63, 3.8) is 0 Å². The highest BCUT2D eigenvalue weighted by Crippen LogP contribution is 2.31. The summed E-state index contributed by atoms with van der Waals surface area (Å²) < 4.78 is 1.91. The van der Waals surface area contributed by atoms with Gasteiger partial charge in [0, 0.05) is 31.0 Å². The van der Waals surface area contributed by atoms with E-state index in [1.165, 1.54) is 4.90 Å². The zero-order chi connectivity index (χ0) is 19.9. The van der Waals surface area contributed by atoms with E-state index in [1.54, 1.807) is 18.9 Å². The molecule has 4 rings (SSSR count). The van der Waals surface area contributed by atoms with Crippen molar-refractivity contribution in [3.8, 4) is 0 Å². The fourth-order valence-electron chi connectivity index (χ4n) is 4.19. The molecule has 1 aromatic heterocycles. The zero-order valence-corrected chi connectivity index (χ0v) is 16.4. The number of likely N-dealkylation sites (tertiary alicyclic amines) is 1. The second-order valence-corrected chi connectivity index (χ2v) is 7.94. The zero-order valence-electron chi connectivity index (χ0n) is 16.4. The molecule has 2 aliphatic rings. The lowest BCUT2D eigenvalue weighted by Gasteiger charge is -2.42. The van der Waals surface area contributed by atoms with E-state index in [4.69, 9.17) is 0 Å². The van der Waals surface area contributed by atoms with Crippen molar-refractivity contribution < 1.29 is 14.4 Å². The Morgan fingerprint density at radius 1 is 1.14 bits per heavy atom. The molecule has 0 unspecified atom stereocenters. The summed E-state index contributed by atoms with van der Waals surface area (Å²) in [6.45, 7) is 3.58. The molecule has 3 amide bonds. The third-order valence-electron chi connectivity index (χ3n) is 6.14. The van der Waals surface area contributed by atoms with Crippen molar-refractivity contribution in [1.82, 2.24) is 19.7 Å². The number of likely N-dealkylation sites (N-methyl/N-ethyl adjacent to an activating group) is 1. The fourth-order valence-corrected chi connectivity index (χ4v) is 4.19. The second kappa shape index (κ2) is 6.96. The number of nitrogens with zero attached hydrogens (tertiary/aromatic N) is 3. The Balaban J connectivity index is 1.54. The van der Waals surface area contributed by atoms with Gasteiger partial charge in [-0.1, -0.05) is 18.2 Å². The fraction of sp³-hybridized carbons (Fsp3) is 0.476. The highest BCUT2D eigenvalue weighted by molar-refractivity contribution is 6.03. The van der Waals surface area contributed by atoms with Crippen LogP contribution in [0.2, 0.25) is 0 Å². The maximum atomic E-state index is 13.0. The lowest BCUT2D eigenvalue weighted by molar-refractivity contribution is -0.137. The number of rotatable bonds is 3. The largest absolute Gasteiger partial charge is 0.345 e. The average Bonchev–Trinajstić information content (AvgIpc) is 3.09. The maximum Gasteiger partial charge on any atom is 0.271 e. The van der Waals surface area contributed by atoms with Crippen LogP contribution in [-0.2, 0) is 16.1 Å². The molecule has 1 aromatic carbocycles. The molecule has 7 heteroatoms. The second-order valence-electron chi connectivity index (χ2n) is 7.94. The van der Waals surface area contributed by atoms with Crippen LogP contribution >= 0.6 is 0 Å². The van der Waals surface area contributed by atoms with Crippen molar-refractivity contribution in [2.45, 2.75) is 38.3 Å². The quantitative estimate of drug-likeness (QED) is 0.877. The van der Waals surface area contributed by atoms with Crippen molar-refractivity contribution in [1.29, 1.82) is 0 Å². The molecular weight excluding hydrogens is 356 g/mol. The van der Waals surface area contributed by atoms with E-state index in [0.717, 1.165) is 43.3 Å². The molecular formula is C21H26N4O3. The molecule has 1 fully saturated rings. The van der Waals surface area contributed by atoms with E-state index in [9.17, 15) is 14.4 Å². The molecule has 1 saturated heterocycles. The first kappa shape index (κ1) is 18.5. The molecule has 1 atom stereocenters. The van der Waals surface area contributed by atoms with Crippen LogP contribution in [0.5, 0.6) is 0 Å². The van der Waals surface area contributed by atoms with Gasteiger partial charge >= 0.3 is 0 Å². The number of benzene rings is 1. The first-order valence-electron chi connectivity index (χ1n) is 9.84. The minimum Gasteiger partial charge on any atom is -0.345 e. The topological polar surface area (TPSA) is 74.6 Å². The first-order valence-corrected chi connectivity index (χ1v) is 9.84. The van der Waals surface area contributed by atoms with Crippen LogP contribution < -0.4 is 5.32 Å². The molecule has 2 aliphatic heterocycles. The Morgan fingerprint density at radius 3 is 2.61 bits per heavy atom. The minimum absolute atomic E-state index is 0.0320. The molecule has 7 nitrogen and oxygen atoms in total. The molecule has 0 bridgehead atoms. The third kappa shape index (κ3) is 2.95. The first-order chi connectivity index (χ1) is 13.4. The van der Waals surface area contributed by atoms with E-state index in [-0.39, 0.29) is 24.3 Å². The highest BCUT2D eigenvalue weighted by atomic mass is 16.2. The normalized spacial score (nSPS) is 22.3. The molecule has 3 heterocycles. The maximum absolute atomic E-state index is 13.0. The number of fused-ring (bicyclic) bond motifs is 3. The molecule has 0 spiro atoms. The predicted octanol–water partition coefficient (Wildman–Crippen LogP) is 1.61. The van der Waals surface area contributed by atoms with Gasteiger partial charge in [0.1, 0.15) is 11.2 Å². The van der Waals surface area contributed by atoms with Crippen LogP contribution in [0.15, 0.2) is 30.3 Å². The molecule has 0 saturated carbocycles. The van der Waals surface area contributed by atoms with E-state index >= 15 is 0 Å². The van der Waals surface area contributed by atoms with Crippen molar-refractivity contribution >= 4 is 28.6 Å². The number of aromatic nitrogens is 1. The predicted molar refractivity (Wildman–Crippen MR) is 106 cm³/mol. The van der Waals surface area contributed by atoms with E-state index in [0.29, 0.717) is 12.2 Å². The molecule has 0 radical (unpaired) electrons. The number of hydrogen-bond donors (Lipinski definition) is 1. The lowest BCUT2D eigenvalue weighted by atomic mass is 9.95. The van der Waals surface area contributed by atoms with Crippen LogP contribution in [0.1, 0.15) is 36.7 Å². The van der Waals surface area contributed by atoms with Gasteiger partial charge in [-0.25, -0.2) is 0 Å².